The van der Waals surface area contributed by atoms with Crippen LogP contribution in [0.5, 0.6) is 0 Å². The van der Waals surface area contributed by atoms with Gasteiger partial charge in [-0.15, -0.1) is 11.8 Å². The van der Waals surface area contributed by atoms with Crippen molar-refractivity contribution in [2.24, 2.45) is 0 Å². The number of likely N-dealkylation sites (tertiary alicyclic amines) is 2. The third-order valence-corrected chi connectivity index (χ3v) is 5.61. The molecule has 2 aliphatic heterocycles. The summed E-state index contributed by atoms with van der Waals surface area (Å²) in [6.45, 7) is 5.32. The minimum absolute atomic E-state index is 0.195. The van der Waals surface area contributed by atoms with Gasteiger partial charge in [0.25, 0.3) is 5.91 Å². The summed E-state index contributed by atoms with van der Waals surface area (Å²) in [4.78, 5) is 18.3. The topological polar surface area (TPSA) is 23.6 Å². The second kappa shape index (κ2) is 6.41. The van der Waals surface area contributed by atoms with Crippen molar-refractivity contribution >= 4 is 17.7 Å². The predicted molar refractivity (Wildman–Crippen MR) is 87.9 cm³/mol. The second-order valence-electron chi connectivity index (χ2n) is 6.15. The fourth-order valence-corrected chi connectivity index (χ4v) is 4.08. The Hall–Kier alpha value is -1.00. The van der Waals surface area contributed by atoms with E-state index in [2.05, 4.69) is 11.8 Å². The Labute approximate surface area is 131 Å². The van der Waals surface area contributed by atoms with Gasteiger partial charge >= 0.3 is 0 Å². The zero-order valence-electron chi connectivity index (χ0n) is 12.9. The molecule has 1 aromatic rings. The summed E-state index contributed by atoms with van der Waals surface area (Å²) in [5, 5.41) is 0. The van der Waals surface area contributed by atoms with Crippen molar-refractivity contribution in [2.45, 2.75) is 43.2 Å². The normalized spacial score (nSPS) is 23.9. The molecule has 0 unspecified atom stereocenters. The van der Waals surface area contributed by atoms with E-state index in [1.54, 1.807) is 11.8 Å². The molecule has 0 saturated carbocycles. The summed E-state index contributed by atoms with van der Waals surface area (Å²) in [5.74, 6) is 0.195. The molecule has 1 amide bonds. The maximum Gasteiger partial charge on any atom is 0.255 e. The number of carbonyl (C=O) groups is 1. The molecule has 1 atom stereocenters. The van der Waals surface area contributed by atoms with Crippen LogP contribution in [0.25, 0.3) is 0 Å². The Morgan fingerprint density at radius 1 is 1.24 bits per heavy atom. The fraction of sp³-hybridized carbons (Fsp3) is 0.588. The van der Waals surface area contributed by atoms with E-state index >= 15 is 0 Å². The number of thioether (sulfide) groups is 1. The van der Waals surface area contributed by atoms with Gasteiger partial charge < -0.3 is 4.90 Å². The number of piperidine rings is 1. The highest BCUT2D eigenvalue weighted by molar-refractivity contribution is 7.98. The number of amides is 1. The van der Waals surface area contributed by atoms with E-state index < -0.39 is 0 Å². The van der Waals surface area contributed by atoms with Crippen molar-refractivity contribution in [3.8, 4) is 0 Å². The van der Waals surface area contributed by atoms with Gasteiger partial charge in [0.05, 0.1) is 5.56 Å². The molecular formula is C17H24N2OS. The number of carbonyl (C=O) groups excluding carboxylic acids is 1. The van der Waals surface area contributed by atoms with E-state index in [1.807, 2.05) is 35.4 Å². The molecule has 2 saturated heterocycles. The molecule has 0 aliphatic carbocycles. The molecule has 2 fully saturated rings. The maximum absolute atomic E-state index is 12.6. The van der Waals surface area contributed by atoms with Crippen molar-refractivity contribution in [2.75, 3.05) is 25.9 Å². The van der Waals surface area contributed by atoms with Gasteiger partial charge in [-0.05, 0) is 44.7 Å². The molecule has 4 heteroatoms. The summed E-state index contributed by atoms with van der Waals surface area (Å²) in [7, 11) is 0. The summed E-state index contributed by atoms with van der Waals surface area (Å²) in [6, 6.07) is 9.19. The quantitative estimate of drug-likeness (QED) is 0.802. The molecule has 0 spiro atoms. The number of benzene rings is 1. The summed E-state index contributed by atoms with van der Waals surface area (Å²) >= 11 is 1.65. The number of rotatable bonds is 3. The zero-order valence-corrected chi connectivity index (χ0v) is 13.7. The van der Waals surface area contributed by atoms with E-state index in [4.69, 9.17) is 0 Å². The largest absolute Gasteiger partial charge is 0.335 e. The van der Waals surface area contributed by atoms with Crippen LogP contribution in [0.2, 0.25) is 0 Å². The van der Waals surface area contributed by atoms with Gasteiger partial charge in [0.15, 0.2) is 0 Å². The molecule has 0 bridgehead atoms. The molecule has 3 rings (SSSR count). The van der Waals surface area contributed by atoms with E-state index in [-0.39, 0.29) is 5.91 Å². The van der Waals surface area contributed by atoms with Crippen LogP contribution in [-0.2, 0) is 0 Å². The molecular weight excluding hydrogens is 280 g/mol. The third-order valence-electron chi connectivity index (χ3n) is 4.81. The average Bonchev–Trinajstić information content (AvgIpc) is 2.47. The molecule has 0 radical (unpaired) electrons. The van der Waals surface area contributed by atoms with Crippen LogP contribution in [0.3, 0.4) is 0 Å². The first kappa shape index (κ1) is 14.9. The van der Waals surface area contributed by atoms with Gasteiger partial charge in [-0.25, -0.2) is 0 Å². The summed E-state index contributed by atoms with van der Waals surface area (Å²) in [5.41, 5.74) is 0.857. The van der Waals surface area contributed by atoms with Crippen molar-refractivity contribution in [1.29, 1.82) is 0 Å². The van der Waals surface area contributed by atoms with Crippen molar-refractivity contribution < 1.29 is 4.79 Å². The van der Waals surface area contributed by atoms with Crippen LogP contribution in [0.15, 0.2) is 29.2 Å². The van der Waals surface area contributed by atoms with Crippen LogP contribution in [0, 0.1) is 0 Å². The molecule has 1 aromatic carbocycles. The van der Waals surface area contributed by atoms with E-state index in [9.17, 15) is 4.79 Å². The lowest BCUT2D eigenvalue weighted by Gasteiger charge is -2.49. The Bertz CT molecular complexity index is 513. The highest BCUT2D eigenvalue weighted by Crippen LogP contribution is 2.27. The smallest absolute Gasteiger partial charge is 0.255 e. The minimum atomic E-state index is 0.195. The first-order chi connectivity index (χ1) is 10.2. The molecule has 21 heavy (non-hydrogen) atoms. The lowest BCUT2D eigenvalue weighted by atomic mass is 9.97. The van der Waals surface area contributed by atoms with Gasteiger partial charge in [-0.1, -0.05) is 18.6 Å². The predicted octanol–water partition coefficient (Wildman–Crippen LogP) is 3.11. The maximum atomic E-state index is 12.6. The van der Waals surface area contributed by atoms with Crippen LogP contribution >= 0.6 is 11.8 Å². The van der Waals surface area contributed by atoms with Crippen LogP contribution < -0.4 is 0 Å². The summed E-state index contributed by atoms with van der Waals surface area (Å²) < 4.78 is 0. The molecule has 0 N–H and O–H groups in total. The monoisotopic (exact) mass is 304 g/mol. The number of hydrogen-bond donors (Lipinski definition) is 0. The van der Waals surface area contributed by atoms with Gasteiger partial charge in [-0.2, -0.15) is 0 Å². The van der Waals surface area contributed by atoms with Crippen LogP contribution in [0.4, 0.5) is 0 Å². The molecule has 2 aliphatic rings. The van der Waals surface area contributed by atoms with Gasteiger partial charge in [0.1, 0.15) is 0 Å². The van der Waals surface area contributed by atoms with E-state index in [0.29, 0.717) is 12.1 Å². The number of nitrogens with zero attached hydrogens (tertiary/aromatic N) is 2. The molecule has 3 nitrogen and oxygen atoms in total. The first-order valence-electron chi connectivity index (χ1n) is 7.88. The highest BCUT2D eigenvalue weighted by atomic mass is 32.2. The average molecular weight is 304 g/mol. The zero-order chi connectivity index (χ0) is 14.8. The van der Waals surface area contributed by atoms with Gasteiger partial charge in [0, 0.05) is 30.1 Å². The second-order valence-corrected chi connectivity index (χ2v) is 6.99. The van der Waals surface area contributed by atoms with Crippen molar-refractivity contribution in [3.05, 3.63) is 29.8 Å². The highest BCUT2D eigenvalue weighted by Gasteiger charge is 2.37. The van der Waals surface area contributed by atoms with Crippen molar-refractivity contribution in [1.82, 2.24) is 9.80 Å². The molecule has 0 aromatic heterocycles. The van der Waals surface area contributed by atoms with Gasteiger partial charge in [-0.3, -0.25) is 9.69 Å². The van der Waals surface area contributed by atoms with E-state index in [0.717, 1.165) is 23.5 Å². The lowest BCUT2D eigenvalue weighted by molar-refractivity contribution is 0.00194. The summed E-state index contributed by atoms with van der Waals surface area (Å²) in [6.07, 6.45) is 6.00. The van der Waals surface area contributed by atoms with Crippen molar-refractivity contribution in [3.63, 3.8) is 0 Å². The minimum Gasteiger partial charge on any atom is -0.335 e. The first-order valence-corrected chi connectivity index (χ1v) is 9.11. The third kappa shape index (κ3) is 2.97. The van der Waals surface area contributed by atoms with Crippen LogP contribution in [0.1, 0.15) is 36.5 Å². The Kier molecular flexibility index (Phi) is 4.55. The standard InChI is InChI=1S/C17H24N2OS/c1-13-7-5-6-10-19(13)14-11-18(12-14)17(20)15-8-3-4-9-16(15)21-2/h3-4,8-9,13-14H,5-7,10-12H2,1-2H3/t13-/m0/s1. The van der Waals surface area contributed by atoms with E-state index in [1.165, 1.54) is 25.8 Å². The fourth-order valence-electron chi connectivity index (χ4n) is 3.49. The van der Waals surface area contributed by atoms with Gasteiger partial charge in [0.2, 0.25) is 0 Å². The SMILES string of the molecule is CSc1ccccc1C(=O)N1CC(N2CCCC[C@@H]2C)C1. The molecule has 2 heterocycles. The lowest BCUT2D eigenvalue weighted by Crippen LogP contribution is -2.63. The Balaban J connectivity index is 1.62. The van der Waals surface area contributed by atoms with Crippen LogP contribution in [-0.4, -0.2) is 53.7 Å². The molecule has 114 valence electrons. The Morgan fingerprint density at radius 3 is 2.71 bits per heavy atom. The number of hydrogen-bond acceptors (Lipinski definition) is 3. The Morgan fingerprint density at radius 2 is 2.00 bits per heavy atom.